The Morgan fingerprint density at radius 1 is 0.605 bits per heavy atom. The second-order valence-corrected chi connectivity index (χ2v) is 10.6. The Balaban J connectivity index is 0.00000423. The quantitative estimate of drug-likeness (QED) is 0.249. The maximum atomic E-state index is 11.5. The number of aliphatic carboxylic acids is 2. The second kappa shape index (κ2) is 12.5. The van der Waals surface area contributed by atoms with E-state index in [2.05, 4.69) is 13.2 Å². The molecule has 43 heavy (non-hydrogen) atoms. The van der Waals surface area contributed by atoms with Gasteiger partial charge in [0, 0.05) is 32.3 Å². The molecule has 8 bridgehead atoms. The van der Waals surface area contributed by atoms with Crippen molar-refractivity contribution in [3.63, 3.8) is 0 Å². The van der Waals surface area contributed by atoms with E-state index in [-0.39, 0.29) is 32.3 Å². The average Bonchev–Trinajstić information content (AvgIpc) is 3.59. The summed E-state index contributed by atoms with van der Waals surface area (Å²) in [4.78, 5) is 42.7. The number of nitrogens with zero attached hydrogens (tertiary/aromatic N) is 4. The maximum Gasteiger partial charge on any atom is 0.303 e. The fraction of sp³-hybridized carbons (Fsp3) is 0.235. The largest absolute Gasteiger partial charge is 0.657 e. The summed E-state index contributed by atoms with van der Waals surface area (Å²) in [5.74, 6) is -1.80. The molecule has 5 rings (SSSR count). The van der Waals surface area contributed by atoms with Gasteiger partial charge < -0.3 is 30.1 Å². The van der Waals surface area contributed by atoms with Gasteiger partial charge >= 0.3 is 11.9 Å². The first kappa shape index (κ1) is 31.6. The van der Waals surface area contributed by atoms with E-state index in [1.165, 1.54) is 0 Å². The van der Waals surface area contributed by atoms with E-state index in [0.717, 1.165) is 60.9 Å². The zero-order valence-electron chi connectivity index (χ0n) is 24.9. The zero-order valence-corrected chi connectivity index (χ0v) is 27.9. The molecule has 0 fully saturated rings. The van der Waals surface area contributed by atoms with Crippen LogP contribution >= 0.6 is 0 Å². The number of carbonyl (C=O) groups is 2. The Morgan fingerprint density at radius 2 is 1.09 bits per heavy atom. The Kier molecular flexibility index (Phi) is 9.16. The van der Waals surface area contributed by atoms with Gasteiger partial charge in [-0.05, 0) is 51.7 Å². The van der Waals surface area contributed by atoms with Gasteiger partial charge in [-0.15, -0.1) is 44.2 Å². The van der Waals surface area contributed by atoms with Crippen LogP contribution in [0.25, 0.3) is 36.5 Å². The first-order chi connectivity index (χ1) is 20.0. The standard InChI is InChI=1S/C34H32N4O4.Zn/c1-7-21-17(3)25-13-26-19(5)23(9-11-33(39)40)31(37-26)16-32-24(10-12-34(41)42)20(6)28(38-32)15-30-22(8-2)18(4)27(36-30)14-29(21)35-25;/h7-8,13-16H,1-2,9-12H2,3-6H3,(H,39,40)(H,41,42);/q-4;/b25-13-,26-13?,27-14?,28-15-,29-14-,30-15?,31-16?,32-16-;. The molecule has 1 aliphatic heterocycles. The van der Waals surface area contributed by atoms with Crippen molar-refractivity contribution >= 4 is 48.4 Å². The van der Waals surface area contributed by atoms with Crippen molar-refractivity contribution in [3.05, 3.63) is 102 Å². The van der Waals surface area contributed by atoms with Crippen molar-refractivity contribution in [2.45, 2.75) is 53.4 Å². The third-order valence-corrected chi connectivity index (χ3v) is 8.06. The van der Waals surface area contributed by atoms with Gasteiger partial charge in [0.1, 0.15) is 0 Å². The smallest absolute Gasteiger partial charge is 0.303 e. The van der Waals surface area contributed by atoms with Crippen LogP contribution in [0.1, 0.15) is 80.1 Å². The fourth-order valence-corrected chi connectivity index (χ4v) is 5.61. The van der Waals surface area contributed by atoms with E-state index in [1.54, 1.807) is 12.2 Å². The van der Waals surface area contributed by atoms with Crippen LogP contribution in [0.2, 0.25) is 0 Å². The van der Waals surface area contributed by atoms with E-state index in [1.807, 2.05) is 52.0 Å². The van der Waals surface area contributed by atoms with Crippen LogP contribution in [0.3, 0.4) is 0 Å². The van der Waals surface area contributed by atoms with Crippen molar-refractivity contribution < 1.29 is 39.3 Å². The normalized spacial score (nSPS) is 15.0. The van der Waals surface area contributed by atoms with Crippen LogP contribution in [0.4, 0.5) is 0 Å². The number of rotatable bonds is 8. The van der Waals surface area contributed by atoms with Crippen LogP contribution in [0.15, 0.2) is 13.2 Å². The molecule has 0 aromatic carbocycles. The molecule has 9 heteroatoms. The molecule has 0 amide bonds. The summed E-state index contributed by atoms with van der Waals surface area (Å²) in [5, 5.41) is 21.7. The Labute approximate surface area is 262 Å². The Morgan fingerprint density at radius 3 is 1.72 bits per heavy atom. The van der Waals surface area contributed by atoms with Crippen molar-refractivity contribution in [2.75, 3.05) is 0 Å². The van der Waals surface area contributed by atoms with Gasteiger partial charge in [0.25, 0.3) is 0 Å². The second-order valence-electron chi connectivity index (χ2n) is 10.6. The number of hydrogen-bond acceptors (Lipinski definition) is 2. The maximum absolute atomic E-state index is 11.5. The third kappa shape index (κ3) is 5.95. The first-order valence-electron chi connectivity index (χ1n) is 13.8. The van der Waals surface area contributed by atoms with Crippen molar-refractivity contribution in [3.8, 4) is 0 Å². The monoisotopic (exact) mass is 624 g/mol. The van der Waals surface area contributed by atoms with E-state index in [9.17, 15) is 19.8 Å². The van der Waals surface area contributed by atoms with E-state index in [0.29, 0.717) is 40.6 Å². The molecular weight excluding hydrogens is 594 g/mol. The molecule has 1 aliphatic rings. The first-order valence-corrected chi connectivity index (χ1v) is 13.8. The molecule has 0 saturated heterocycles. The van der Waals surface area contributed by atoms with Crippen LogP contribution in [-0.2, 0) is 41.9 Å². The summed E-state index contributed by atoms with van der Waals surface area (Å²) in [6, 6.07) is 0. The fourth-order valence-electron chi connectivity index (χ4n) is 5.61. The molecule has 218 valence electrons. The molecule has 0 aliphatic carbocycles. The molecule has 0 spiro atoms. The molecule has 4 aromatic rings. The third-order valence-electron chi connectivity index (χ3n) is 8.06. The molecule has 2 N–H and O–H groups in total. The molecular formula is C34H32N4O4Zn-4. The van der Waals surface area contributed by atoms with Gasteiger partial charge in [-0.25, -0.2) is 0 Å². The van der Waals surface area contributed by atoms with Crippen LogP contribution in [-0.4, -0.2) is 22.2 Å². The molecule has 4 aromatic heterocycles. The number of carboxylic acids is 2. The van der Waals surface area contributed by atoms with E-state index < -0.39 is 11.9 Å². The SMILES string of the molecule is C=Cc1c2[n-]c(c1C)/C=c1\[n-]/c(c(C)c1C=C)=C\c1[n-]c(c(CCC(=O)O)c1C)/C=c1\[n-]/c(c(C)c1CCC(=O)O)=C\2.[Zn]. The minimum atomic E-state index is -0.898. The predicted octanol–water partition coefficient (Wildman–Crippen LogP) is 1.70. The Hall–Kier alpha value is -4.36. The molecule has 0 radical (unpaired) electrons. The minimum absolute atomic E-state index is 0. The molecule has 8 nitrogen and oxygen atoms in total. The Bertz CT molecular complexity index is 2030. The van der Waals surface area contributed by atoms with Crippen molar-refractivity contribution in [2.24, 2.45) is 0 Å². The summed E-state index contributed by atoms with van der Waals surface area (Å²) >= 11 is 0. The number of aromatic nitrogens is 4. The molecule has 0 atom stereocenters. The van der Waals surface area contributed by atoms with Crippen LogP contribution in [0.5, 0.6) is 0 Å². The molecule has 0 saturated carbocycles. The van der Waals surface area contributed by atoms with Gasteiger partial charge in [-0.2, -0.15) is 0 Å². The number of carboxylic acid groups (broad SMARTS) is 2. The van der Waals surface area contributed by atoms with Gasteiger partial charge in [-0.3, -0.25) is 9.59 Å². The van der Waals surface area contributed by atoms with Crippen molar-refractivity contribution in [1.29, 1.82) is 0 Å². The number of hydrogen-bond donors (Lipinski definition) is 2. The van der Waals surface area contributed by atoms with E-state index in [4.69, 9.17) is 19.9 Å². The summed E-state index contributed by atoms with van der Waals surface area (Å²) in [6.07, 6.45) is 11.7. The van der Waals surface area contributed by atoms with Gasteiger partial charge in [0.05, 0.1) is 0 Å². The average molecular weight is 626 g/mol. The summed E-state index contributed by atoms with van der Waals surface area (Å²) < 4.78 is 0. The minimum Gasteiger partial charge on any atom is -0.657 e. The summed E-state index contributed by atoms with van der Waals surface area (Å²) in [6.45, 7) is 15.9. The number of fused-ring (bicyclic) bond motifs is 8. The summed E-state index contributed by atoms with van der Waals surface area (Å²) in [7, 11) is 0. The van der Waals surface area contributed by atoms with Crippen LogP contribution < -0.4 is 41.3 Å². The van der Waals surface area contributed by atoms with Crippen LogP contribution in [0, 0.1) is 27.7 Å². The molecule has 5 heterocycles. The summed E-state index contributed by atoms with van der Waals surface area (Å²) in [5.41, 5.74) is 9.84. The van der Waals surface area contributed by atoms with E-state index >= 15 is 0 Å². The topological polar surface area (TPSA) is 131 Å². The van der Waals surface area contributed by atoms with Gasteiger partial charge in [0.2, 0.25) is 0 Å². The molecule has 0 unspecified atom stereocenters. The zero-order chi connectivity index (χ0) is 30.3. The van der Waals surface area contributed by atoms with Gasteiger partial charge in [0.15, 0.2) is 0 Å². The predicted molar refractivity (Wildman–Crippen MR) is 163 cm³/mol. The van der Waals surface area contributed by atoms with Crippen molar-refractivity contribution in [1.82, 2.24) is 19.9 Å². The van der Waals surface area contributed by atoms with Gasteiger partial charge in [-0.1, -0.05) is 83.0 Å².